The highest BCUT2D eigenvalue weighted by molar-refractivity contribution is 5.99. The van der Waals surface area contributed by atoms with Gasteiger partial charge >= 0.3 is 5.97 Å². The first-order valence-corrected chi connectivity index (χ1v) is 7.33. The highest BCUT2D eigenvalue weighted by Crippen LogP contribution is 2.69. The Balaban J connectivity index is 1.77. The molecule has 0 aliphatic heterocycles. The Hall–Kier alpha value is -1.64. The van der Waals surface area contributed by atoms with Crippen LogP contribution in [-0.2, 0) is 16.0 Å². The normalized spacial score (nSPS) is 34.9. The van der Waals surface area contributed by atoms with Crippen molar-refractivity contribution in [2.24, 2.45) is 23.2 Å². The Morgan fingerprint density at radius 3 is 2.75 bits per heavy atom. The zero-order valence-corrected chi connectivity index (χ0v) is 11.9. The van der Waals surface area contributed by atoms with Crippen LogP contribution in [0.3, 0.4) is 0 Å². The number of rotatable bonds is 4. The molecule has 0 amide bonds. The van der Waals surface area contributed by atoms with Gasteiger partial charge in [0.05, 0.1) is 5.92 Å². The van der Waals surface area contributed by atoms with Crippen LogP contribution in [0.1, 0.15) is 30.9 Å². The van der Waals surface area contributed by atoms with Crippen LogP contribution in [0.2, 0.25) is 0 Å². The van der Waals surface area contributed by atoms with Crippen LogP contribution >= 0.6 is 0 Å². The van der Waals surface area contributed by atoms with Crippen molar-refractivity contribution in [3.63, 3.8) is 0 Å². The number of Topliss-reactive ketones (excluding diaryl/α,β-unsaturated/α-hetero) is 1. The fourth-order valence-corrected chi connectivity index (χ4v) is 4.34. The summed E-state index contributed by atoms with van der Waals surface area (Å²) in [5.74, 6) is -0.934. The first-order chi connectivity index (χ1) is 9.50. The van der Waals surface area contributed by atoms with Gasteiger partial charge in [-0.3, -0.25) is 9.59 Å². The van der Waals surface area contributed by atoms with Crippen LogP contribution in [0.5, 0.6) is 0 Å². The van der Waals surface area contributed by atoms with Crippen LogP contribution in [0.15, 0.2) is 24.3 Å². The molecule has 1 aromatic carbocycles. The number of carboxylic acid groups (broad SMARTS) is 1. The van der Waals surface area contributed by atoms with E-state index < -0.39 is 17.3 Å². The van der Waals surface area contributed by atoms with Gasteiger partial charge < -0.3 is 5.11 Å². The predicted octanol–water partition coefficient (Wildman–Crippen LogP) is 2.85. The van der Waals surface area contributed by atoms with Crippen molar-refractivity contribution in [2.45, 2.75) is 33.1 Å². The average Bonchev–Trinajstić information content (AvgIpc) is 2.98. The summed E-state index contributed by atoms with van der Waals surface area (Å²) in [6.07, 6.45) is 2.17. The largest absolute Gasteiger partial charge is 0.481 e. The zero-order valence-electron chi connectivity index (χ0n) is 11.9. The lowest BCUT2D eigenvalue weighted by Crippen LogP contribution is -2.26. The molecule has 3 heteroatoms. The van der Waals surface area contributed by atoms with E-state index in [0.29, 0.717) is 6.42 Å². The molecule has 106 valence electrons. The summed E-state index contributed by atoms with van der Waals surface area (Å²) in [6, 6.07) is 8.23. The van der Waals surface area contributed by atoms with E-state index in [1.54, 1.807) is 0 Å². The highest BCUT2D eigenvalue weighted by atomic mass is 16.4. The van der Waals surface area contributed by atoms with Crippen molar-refractivity contribution in [3.05, 3.63) is 35.4 Å². The van der Waals surface area contributed by atoms with Crippen molar-refractivity contribution in [1.29, 1.82) is 0 Å². The molecule has 2 aliphatic rings. The molecule has 2 fully saturated rings. The molecular weight excluding hydrogens is 252 g/mol. The van der Waals surface area contributed by atoms with Gasteiger partial charge in [-0.1, -0.05) is 36.8 Å². The summed E-state index contributed by atoms with van der Waals surface area (Å²) in [4.78, 5) is 23.9. The third-order valence-corrected chi connectivity index (χ3v) is 5.29. The van der Waals surface area contributed by atoms with E-state index in [4.69, 9.17) is 0 Å². The Kier molecular flexibility index (Phi) is 2.96. The lowest BCUT2D eigenvalue weighted by Gasteiger charge is -2.16. The molecular formula is C17H20O3. The third kappa shape index (κ3) is 1.72. The number of hydrogen-bond acceptors (Lipinski definition) is 2. The third-order valence-electron chi connectivity index (χ3n) is 5.29. The molecule has 2 saturated carbocycles. The van der Waals surface area contributed by atoms with Gasteiger partial charge in [0.25, 0.3) is 0 Å². The second-order valence-electron chi connectivity index (χ2n) is 6.31. The minimum atomic E-state index is -0.792. The summed E-state index contributed by atoms with van der Waals surface area (Å²) < 4.78 is 0. The van der Waals surface area contributed by atoms with Crippen molar-refractivity contribution < 1.29 is 14.7 Å². The van der Waals surface area contributed by atoms with Gasteiger partial charge in [0, 0.05) is 11.3 Å². The Morgan fingerprint density at radius 2 is 2.20 bits per heavy atom. The van der Waals surface area contributed by atoms with Crippen LogP contribution in [0, 0.1) is 30.1 Å². The molecule has 0 radical (unpaired) electrons. The molecule has 1 aromatic rings. The number of carbonyl (C=O) groups excluding carboxylic acids is 1. The van der Waals surface area contributed by atoms with Gasteiger partial charge in [-0.05, 0) is 37.7 Å². The number of benzene rings is 1. The summed E-state index contributed by atoms with van der Waals surface area (Å²) in [7, 11) is 0. The maximum absolute atomic E-state index is 12.6. The number of carbonyl (C=O) groups is 2. The van der Waals surface area contributed by atoms with Gasteiger partial charge in [0.15, 0.2) is 0 Å². The molecule has 0 heterocycles. The topological polar surface area (TPSA) is 54.4 Å². The fourth-order valence-electron chi connectivity index (χ4n) is 4.34. The van der Waals surface area contributed by atoms with Crippen molar-refractivity contribution in [3.8, 4) is 0 Å². The number of hydrogen-bond donors (Lipinski definition) is 1. The summed E-state index contributed by atoms with van der Waals surface area (Å²) in [6.45, 7) is 3.99. The predicted molar refractivity (Wildman–Crippen MR) is 75.3 cm³/mol. The zero-order chi connectivity index (χ0) is 14.5. The van der Waals surface area contributed by atoms with E-state index in [9.17, 15) is 14.7 Å². The number of carboxylic acids is 1. The van der Waals surface area contributed by atoms with Crippen LogP contribution in [0.25, 0.3) is 0 Å². The van der Waals surface area contributed by atoms with E-state index in [-0.39, 0.29) is 17.6 Å². The highest BCUT2D eigenvalue weighted by Gasteiger charge is 2.75. The van der Waals surface area contributed by atoms with Gasteiger partial charge in [-0.15, -0.1) is 0 Å². The first-order valence-electron chi connectivity index (χ1n) is 7.33. The number of aliphatic carboxylic acids is 1. The molecule has 0 saturated heterocycles. The van der Waals surface area contributed by atoms with Crippen LogP contribution in [-0.4, -0.2) is 16.9 Å². The molecule has 1 N–H and O–H groups in total. The van der Waals surface area contributed by atoms with Gasteiger partial charge in [0.1, 0.15) is 5.78 Å². The van der Waals surface area contributed by atoms with E-state index in [1.807, 2.05) is 26.0 Å². The van der Waals surface area contributed by atoms with Gasteiger partial charge in [0.2, 0.25) is 0 Å². The maximum atomic E-state index is 12.6. The summed E-state index contributed by atoms with van der Waals surface area (Å²) >= 11 is 0. The molecule has 0 aromatic heterocycles. The van der Waals surface area contributed by atoms with E-state index in [1.165, 1.54) is 11.1 Å². The maximum Gasteiger partial charge on any atom is 0.307 e. The molecule has 3 rings (SSSR count). The lowest BCUT2D eigenvalue weighted by atomic mass is 9.86. The molecule has 4 unspecified atom stereocenters. The van der Waals surface area contributed by atoms with Crippen LogP contribution < -0.4 is 0 Å². The molecule has 0 spiro atoms. The fraction of sp³-hybridized carbons (Fsp3) is 0.529. The monoisotopic (exact) mass is 272 g/mol. The Labute approximate surface area is 119 Å². The molecule has 2 aliphatic carbocycles. The summed E-state index contributed by atoms with van der Waals surface area (Å²) in [5, 5.41) is 9.23. The Bertz CT molecular complexity index is 577. The quantitative estimate of drug-likeness (QED) is 0.917. The SMILES string of the molecule is CCC12C(=O)C(Cc3cccc(C)c3)CC1C2C(=O)O. The molecule has 3 nitrogen and oxygen atoms in total. The molecule has 4 atom stereocenters. The van der Waals surface area contributed by atoms with E-state index >= 15 is 0 Å². The molecule has 20 heavy (non-hydrogen) atoms. The second kappa shape index (κ2) is 4.44. The number of fused-ring (bicyclic) bond motifs is 1. The van der Waals surface area contributed by atoms with Crippen molar-refractivity contribution in [2.75, 3.05) is 0 Å². The van der Waals surface area contributed by atoms with Crippen LogP contribution in [0.4, 0.5) is 0 Å². The van der Waals surface area contributed by atoms with Gasteiger partial charge in [-0.2, -0.15) is 0 Å². The number of ketones is 1. The minimum Gasteiger partial charge on any atom is -0.481 e. The average molecular weight is 272 g/mol. The van der Waals surface area contributed by atoms with Crippen molar-refractivity contribution >= 4 is 11.8 Å². The second-order valence-corrected chi connectivity index (χ2v) is 6.31. The minimum absolute atomic E-state index is 0.0114. The number of aryl methyl sites for hydroxylation is 1. The molecule has 0 bridgehead atoms. The smallest absolute Gasteiger partial charge is 0.307 e. The summed E-state index contributed by atoms with van der Waals surface area (Å²) in [5.41, 5.74) is 1.84. The van der Waals surface area contributed by atoms with Crippen molar-refractivity contribution in [1.82, 2.24) is 0 Å². The lowest BCUT2D eigenvalue weighted by molar-refractivity contribution is -0.142. The van der Waals surface area contributed by atoms with Gasteiger partial charge in [-0.25, -0.2) is 0 Å². The Morgan fingerprint density at radius 1 is 1.45 bits per heavy atom. The van der Waals surface area contributed by atoms with E-state index in [0.717, 1.165) is 12.8 Å². The standard InChI is InChI=1S/C17H20O3/c1-3-17-13(14(17)16(19)20)9-12(15(17)18)8-11-6-4-5-10(2)7-11/h4-7,12-14H,3,8-9H2,1-2H3,(H,19,20). The first kappa shape index (κ1) is 13.3. The van der Waals surface area contributed by atoms with E-state index in [2.05, 4.69) is 12.1 Å².